The van der Waals surface area contributed by atoms with Gasteiger partial charge in [-0.15, -0.1) is 0 Å². The number of hydrogen-bond donors (Lipinski definition) is 1. The number of imide groups is 1. The van der Waals surface area contributed by atoms with Crippen LogP contribution in [-0.2, 0) is 9.59 Å². The third kappa shape index (κ3) is 3.55. The van der Waals surface area contributed by atoms with Crippen LogP contribution >= 0.6 is 0 Å². The van der Waals surface area contributed by atoms with Gasteiger partial charge < -0.3 is 10.1 Å². The molecule has 0 aromatic heterocycles. The van der Waals surface area contributed by atoms with Gasteiger partial charge in [0, 0.05) is 5.69 Å². The molecule has 1 N–H and O–H groups in total. The molecule has 150 valence electrons. The lowest BCUT2D eigenvalue weighted by atomic mass is 10.0. The van der Waals surface area contributed by atoms with Crippen LogP contribution in [0.2, 0.25) is 0 Å². The van der Waals surface area contributed by atoms with Crippen LogP contribution in [0.5, 0.6) is 5.75 Å². The van der Waals surface area contributed by atoms with Crippen molar-refractivity contribution in [1.29, 1.82) is 0 Å². The monoisotopic (exact) mass is 402 g/mol. The van der Waals surface area contributed by atoms with Crippen molar-refractivity contribution in [3.05, 3.63) is 95.4 Å². The molecule has 0 saturated carbocycles. The third-order valence-electron chi connectivity index (χ3n) is 4.87. The summed E-state index contributed by atoms with van der Waals surface area (Å²) in [6.45, 7) is 1.95. The number of amides is 2. The van der Waals surface area contributed by atoms with Crippen molar-refractivity contribution < 1.29 is 18.7 Å². The Morgan fingerprint density at radius 3 is 2.07 bits per heavy atom. The van der Waals surface area contributed by atoms with E-state index in [1.54, 1.807) is 43.5 Å². The minimum absolute atomic E-state index is 0.165. The van der Waals surface area contributed by atoms with E-state index in [4.69, 9.17) is 4.74 Å². The van der Waals surface area contributed by atoms with Crippen LogP contribution in [0.4, 0.5) is 15.8 Å². The van der Waals surface area contributed by atoms with Gasteiger partial charge in [-0.2, -0.15) is 0 Å². The molecule has 1 aliphatic rings. The first-order valence-corrected chi connectivity index (χ1v) is 9.34. The van der Waals surface area contributed by atoms with E-state index >= 15 is 0 Å². The molecule has 0 saturated heterocycles. The van der Waals surface area contributed by atoms with Crippen LogP contribution in [0.15, 0.2) is 78.5 Å². The fraction of sp³-hybridized carbons (Fsp3) is 0.0833. The topological polar surface area (TPSA) is 58.6 Å². The standard InChI is InChI=1S/C24H19FN2O3/c1-15-3-5-16(6-4-15)21-22(26-18-9-13-20(30-2)14-10-18)24(29)27(23(21)28)19-11-7-17(25)8-12-19/h3-14,26H,1-2H3. The number of nitrogens with one attached hydrogen (secondary N) is 1. The van der Waals surface area contributed by atoms with Crippen molar-refractivity contribution in [1.82, 2.24) is 0 Å². The summed E-state index contributed by atoms with van der Waals surface area (Å²) in [5.41, 5.74) is 3.04. The van der Waals surface area contributed by atoms with Gasteiger partial charge in [-0.3, -0.25) is 9.59 Å². The molecule has 4 rings (SSSR count). The lowest BCUT2D eigenvalue weighted by Gasteiger charge is -2.15. The van der Waals surface area contributed by atoms with Crippen LogP contribution in [0.1, 0.15) is 11.1 Å². The number of ether oxygens (including phenoxy) is 1. The number of methoxy groups -OCH3 is 1. The molecule has 0 bridgehead atoms. The average Bonchev–Trinajstić information content (AvgIpc) is 3.00. The summed E-state index contributed by atoms with van der Waals surface area (Å²) in [7, 11) is 1.57. The molecular formula is C24H19FN2O3. The fourth-order valence-electron chi connectivity index (χ4n) is 3.28. The van der Waals surface area contributed by atoms with Gasteiger partial charge in [0.2, 0.25) is 0 Å². The van der Waals surface area contributed by atoms with E-state index in [-0.39, 0.29) is 11.3 Å². The zero-order valence-corrected chi connectivity index (χ0v) is 16.5. The zero-order valence-electron chi connectivity index (χ0n) is 16.5. The second-order valence-electron chi connectivity index (χ2n) is 6.89. The fourth-order valence-corrected chi connectivity index (χ4v) is 3.28. The van der Waals surface area contributed by atoms with Gasteiger partial charge in [-0.05, 0) is 61.0 Å². The Morgan fingerprint density at radius 2 is 1.47 bits per heavy atom. The molecule has 30 heavy (non-hydrogen) atoms. The molecule has 0 aliphatic carbocycles. The van der Waals surface area contributed by atoms with E-state index in [1.165, 1.54) is 24.3 Å². The highest BCUT2D eigenvalue weighted by Gasteiger charge is 2.40. The molecule has 0 atom stereocenters. The molecule has 0 radical (unpaired) electrons. The van der Waals surface area contributed by atoms with E-state index in [0.717, 1.165) is 10.5 Å². The summed E-state index contributed by atoms with van der Waals surface area (Å²) in [5.74, 6) is -0.735. The second-order valence-corrected chi connectivity index (χ2v) is 6.89. The molecule has 1 heterocycles. The van der Waals surface area contributed by atoms with Crippen molar-refractivity contribution in [3.63, 3.8) is 0 Å². The maximum absolute atomic E-state index is 13.4. The maximum Gasteiger partial charge on any atom is 0.282 e. The summed E-state index contributed by atoms with van der Waals surface area (Å²) >= 11 is 0. The number of hydrogen-bond acceptors (Lipinski definition) is 4. The predicted octanol–water partition coefficient (Wildman–Crippen LogP) is 4.54. The Labute approximate surface area is 173 Å². The van der Waals surface area contributed by atoms with Crippen LogP contribution in [0.3, 0.4) is 0 Å². The molecule has 0 spiro atoms. The Balaban J connectivity index is 1.78. The minimum atomic E-state index is -0.502. The predicted molar refractivity (Wildman–Crippen MR) is 114 cm³/mol. The Bertz CT molecular complexity index is 1130. The number of benzene rings is 3. The first kappa shape index (κ1) is 19.4. The van der Waals surface area contributed by atoms with Gasteiger partial charge >= 0.3 is 0 Å². The summed E-state index contributed by atoms with van der Waals surface area (Å²) in [4.78, 5) is 27.6. The molecule has 0 fully saturated rings. The first-order valence-electron chi connectivity index (χ1n) is 9.34. The van der Waals surface area contributed by atoms with Crippen LogP contribution in [0, 0.1) is 12.7 Å². The van der Waals surface area contributed by atoms with E-state index in [0.29, 0.717) is 22.7 Å². The quantitative estimate of drug-likeness (QED) is 0.637. The highest BCUT2D eigenvalue weighted by Crippen LogP contribution is 2.34. The molecule has 5 nitrogen and oxygen atoms in total. The highest BCUT2D eigenvalue weighted by molar-refractivity contribution is 6.46. The molecular weight excluding hydrogens is 383 g/mol. The molecule has 3 aromatic carbocycles. The van der Waals surface area contributed by atoms with Crippen molar-refractivity contribution >= 4 is 28.8 Å². The number of nitrogens with zero attached hydrogens (tertiary/aromatic N) is 1. The van der Waals surface area contributed by atoms with Gasteiger partial charge in [0.1, 0.15) is 17.3 Å². The summed E-state index contributed by atoms with van der Waals surface area (Å²) in [6.07, 6.45) is 0. The Kier molecular flexibility index (Phi) is 5.06. The van der Waals surface area contributed by atoms with Crippen LogP contribution in [-0.4, -0.2) is 18.9 Å². The van der Waals surface area contributed by atoms with Crippen LogP contribution < -0.4 is 15.0 Å². The maximum atomic E-state index is 13.4. The lowest BCUT2D eigenvalue weighted by molar-refractivity contribution is -0.120. The average molecular weight is 402 g/mol. The zero-order chi connectivity index (χ0) is 21.3. The second kappa shape index (κ2) is 7.83. The van der Waals surface area contributed by atoms with Gasteiger partial charge in [-0.1, -0.05) is 29.8 Å². The normalized spacial score (nSPS) is 13.8. The molecule has 3 aromatic rings. The largest absolute Gasteiger partial charge is 0.497 e. The Hall–Kier alpha value is -3.93. The van der Waals surface area contributed by atoms with Crippen molar-refractivity contribution in [2.24, 2.45) is 0 Å². The van der Waals surface area contributed by atoms with Gasteiger partial charge in [-0.25, -0.2) is 9.29 Å². The lowest BCUT2D eigenvalue weighted by Crippen LogP contribution is -2.32. The number of carbonyl (C=O) groups is 2. The van der Waals surface area contributed by atoms with Crippen molar-refractivity contribution in [2.75, 3.05) is 17.3 Å². The summed E-state index contributed by atoms with van der Waals surface area (Å²) in [5, 5.41) is 3.08. The van der Waals surface area contributed by atoms with Gasteiger partial charge in [0.25, 0.3) is 11.8 Å². The Morgan fingerprint density at radius 1 is 0.833 bits per heavy atom. The smallest absolute Gasteiger partial charge is 0.282 e. The third-order valence-corrected chi connectivity index (χ3v) is 4.87. The van der Waals surface area contributed by atoms with E-state index < -0.39 is 17.6 Å². The number of anilines is 2. The summed E-state index contributed by atoms with van der Waals surface area (Å²) in [6, 6.07) is 19.7. The van der Waals surface area contributed by atoms with Crippen molar-refractivity contribution in [2.45, 2.75) is 6.92 Å². The molecule has 6 heteroatoms. The summed E-state index contributed by atoms with van der Waals surface area (Å²) < 4.78 is 18.5. The van der Waals surface area contributed by atoms with Gasteiger partial charge in [0.05, 0.1) is 18.4 Å². The number of carbonyl (C=O) groups excluding carboxylic acids is 2. The van der Waals surface area contributed by atoms with Gasteiger partial charge in [0.15, 0.2) is 0 Å². The van der Waals surface area contributed by atoms with Crippen LogP contribution in [0.25, 0.3) is 5.57 Å². The molecule has 0 unspecified atom stereocenters. The minimum Gasteiger partial charge on any atom is -0.497 e. The number of aryl methyl sites for hydroxylation is 1. The number of rotatable bonds is 5. The highest BCUT2D eigenvalue weighted by atomic mass is 19.1. The first-order chi connectivity index (χ1) is 14.5. The van der Waals surface area contributed by atoms with E-state index in [2.05, 4.69) is 5.32 Å². The molecule has 1 aliphatic heterocycles. The van der Waals surface area contributed by atoms with E-state index in [1.807, 2.05) is 19.1 Å². The number of halogens is 1. The van der Waals surface area contributed by atoms with E-state index in [9.17, 15) is 14.0 Å². The molecule has 2 amide bonds. The SMILES string of the molecule is COc1ccc(NC2=C(c3ccc(C)cc3)C(=O)N(c3ccc(F)cc3)C2=O)cc1. The van der Waals surface area contributed by atoms with Crippen molar-refractivity contribution in [3.8, 4) is 5.75 Å².